The van der Waals surface area contributed by atoms with Crippen LogP contribution in [0.25, 0.3) is 0 Å². The van der Waals surface area contributed by atoms with Crippen LogP contribution >= 0.6 is 0 Å². The van der Waals surface area contributed by atoms with Crippen molar-refractivity contribution in [1.29, 1.82) is 0 Å². The molecule has 2 rings (SSSR count). The smallest absolute Gasteiger partial charge is 0.251 e. The molecule has 7 heteroatoms. The Balaban J connectivity index is 2.10. The van der Waals surface area contributed by atoms with Crippen LogP contribution in [0.5, 0.6) is 0 Å². The van der Waals surface area contributed by atoms with Crippen LogP contribution in [0.3, 0.4) is 0 Å². The van der Waals surface area contributed by atoms with Gasteiger partial charge in [0, 0.05) is 32.1 Å². The zero-order chi connectivity index (χ0) is 14.0. The number of anilines is 1. The van der Waals surface area contributed by atoms with Gasteiger partial charge < -0.3 is 10.2 Å². The zero-order valence-corrected chi connectivity index (χ0v) is 10.4. The van der Waals surface area contributed by atoms with Crippen LogP contribution in [0.15, 0.2) is 6.07 Å². The Kier molecular flexibility index (Phi) is 3.92. The summed E-state index contributed by atoms with van der Waals surface area (Å²) >= 11 is 0. The van der Waals surface area contributed by atoms with Crippen molar-refractivity contribution >= 4 is 11.7 Å². The predicted molar refractivity (Wildman–Crippen MR) is 63.1 cm³/mol. The van der Waals surface area contributed by atoms with Crippen molar-refractivity contribution in [1.82, 2.24) is 10.3 Å². The molecule has 0 spiro atoms. The van der Waals surface area contributed by atoms with E-state index in [-0.39, 0.29) is 17.6 Å². The Bertz CT molecular complexity index is 487. The molecule has 1 fully saturated rings. The molecule has 0 saturated carbocycles. The maximum absolute atomic E-state index is 13.5. The first kappa shape index (κ1) is 13.6. The largest absolute Gasteiger partial charge is 0.359 e. The molecule has 1 amide bonds. The maximum atomic E-state index is 13.5. The Morgan fingerprint density at radius 2 is 1.95 bits per heavy atom. The number of amides is 1. The summed E-state index contributed by atoms with van der Waals surface area (Å²) in [6.07, 6.45) is 1.06. The molecule has 0 aliphatic carbocycles. The molecule has 4 nitrogen and oxygen atoms in total. The summed E-state index contributed by atoms with van der Waals surface area (Å²) in [5.41, 5.74) is 0. The van der Waals surface area contributed by atoms with E-state index < -0.39 is 17.6 Å². The van der Waals surface area contributed by atoms with Crippen molar-refractivity contribution in [2.24, 2.45) is 5.92 Å². The minimum atomic E-state index is -1.31. The number of rotatable bonds is 2. The van der Waals surface area contributed by atoms with Crippen LogP contribution in [0.4, 0.5) is 19.0 Å². The van der Waals surface area contributed by atoms with Gasteiger partial charge in [-0.05, 0) is 12.8 Å². The molecule has 1 aliphatic heterocycles. The zero-order valence-electron chi connectivity index (χ0n) is 10.4. The number of hydrogen-bond donors (Lipinski definition) is 1. The summed E-state index contributed by atoms with van der Waals surface area (Å²) in [5, 5.41) is 2.56. The normalized spacial score (nSPS) is 16.5. The fraction of sp³-hybridized carbons (Fsp3) is 0.500. The van der Waals surface area contributed by atoms with Crippen LogP contribution in [-0.2, 0) is 4.79 Å². The van der Waals surface area contributed by atoms with Gasteiger partial charge in [0.25, 0.3) is 5.95 Å². The van der Waals surface area contributed by atoms with Gasteiger partial charge in [0.1, 0.15) is 0 Å². The van der Waals surface area contributed by atoms with Crippen molar-refractivity contribution < 1.29 is 18.0 Å². The fourth-order valence-electron chi connectivity index (χ4n) is 2.21. The highest BCUT2D eigenvalue weighted by atomic mass is 19.2. The molecule has 1 aliphatic rings. The van der Waals surface area contributed by atoms with Gasteiger partial charge in [-0.3, -0.25) is 4.79 Å². The number of nitrogens with one attached hydrogen (secondary N) is 1. The summed E-state index contributed by atoms with van der Waals surface area (Å²) in [6, 6.07) is 0.489. The fourth-order valence-corrected chi connectivity index (χ4v) is 2.21. The SMILES string of the molecule is CNC(=O)C1CCN(c2nc(F)c(F)cc2F)CC1. The van der Waals surface area contributed by atoms with Crippen molar-refractivity contribution in [3.8, 4) is 0 Å². The first-order chi connectivity index (χ1) is 9.02. The molecule has 2 heterocycles. The third-order valence-electron chi connectivity index (χ3n) is 3.28. The maximum Gasteiger partial charge on any atom is 0.251 e. The minimum Gasteiger partial charge on any atom is -0.359 e. The van der Waals surface area contributed by atoms with Gasteiger partial charge in [-0.15, -0.1) is 0 Å². The lowest BCUT2D eigenvalue weighted by atomic mass is 9.96. The lowest BCUT2D eigenvalue weighted by Gasteiger charge is -2.32. The van der Waals surface area contributed by atoms with Crippen LogP contribution in [-0.4, -0.2) is 31.0 Å². The third-order valence-corrected chi connectivity index (χ3v) is 3.28. The highest BCUT2D eigenvalue weighted by Gasteiger charge is 2.27. The second-order valence-electron chi connectivity index (χ2n) is 4.44. The first-order valence-electron chi connectivity index (χ1n) is 6.01. The quantitative estimate of drug-likeness (QED) is 0.830. The van der Waals surface area contributed by atoms with Gasteiger partial charge in [-0.1, -0.05) is 0 Å². The molecule has 19 heavy (non-hydrogen) atoms. The van der Waals surface area contributed by atoms with E-state index in [1.54, 1.807) is 7.05 Å². The van der Waals surface area contributed by atoms with Gasteiger partial charge in [-0.25, -0.2) is 8.78 Å². The second-order valence-corrected chi connectivity index (χ2v) is 4.44. The lowest BCUT2D eigenvalue weighted by Crippen LogP contribution is -2.40. The van der Waals surface area contributed by atoms with E-state index in [0.717, 1.165) is 0 Å². The molecule has 104 valence electrons. The average Bonchev–Trinajstić information content (AvgIpc) is 2.42. The van der Waals surface area contributed by atoms with E-state index >= 15 is 0 Å². The standard InChI is InChI=1S/C12H14F3N3O/c1-16-12(19)7-2-4-18(5-3-7)11-9(14)6-8(13)10(15)17-11/h6-7H,2-5H2,1H3,(H,16,19). The monoisotopic (exact) mass is 273 g/mol. The van der Waals surface area contributed by atoms with E-state index in [1.807, 2.05) is 0 Å². The van der Waals surface area contributed by atoms with Gasteiger partial charge >= 0.3 is 0 Å². The molecule has 1 aromatic rings. The number of hydrogen-bond acceptors (Lipinski definition) is 3. The van der Waals surface area contributed by atoms with Gasteiger partial charge in [0.2, 0.25) is 5.91 Å². The second kappa shape index (κ2) is 5.46. The molecule has 0 unspecified atom stereocenters. The molecule has 0 aromatic carbocycles. The van der Waals surface area contributed by atoms with Crippen LogP contribution < -0.4 is 10.2 Å². The molecule has 1 N–H and O–H groups in total. The minimum absolute atomic E-state index is 0.0571. The lowest BCUT2D eigenvalue weighted by molar-refractivity contribution is -0.125. The van der Waals surface area contributed by atoms with Crippen molar-refractivity contribution in [3.63, 3.8) is 0 Å². The van der Waals surface area contributed by atoms with Gasteiger partial charge in [0.15, 0.2) is 17.5 Å². The number of pyridine rings is 1. The van der Waals surface area contributed by atoms with E-state index in [9.17, 15) is 18.0 Å². The number of carbonyl (C=O) groups excluding carboxylic acids is 1. The van der Waals surface area contributed by atoms with Gasteiger partial charge in [-0.2, -0.15) is 9.37 Å². The number of piperidine rings is 1. The van der Waals surface area contributed by atoms with Crippen LogP contribution in [0, 0.1) is 23.5 Å². The molecule has 1 saturated heterocycles. The van der Waals surface area contributed by atoms with E-state index in [4.69, 9.17) is 0 Å². The molecular formula is C12H14F3N3O. The summed E-state index contributed by atoms with van der Waals surface area (Å²) in [5.74, 6) is -3.90. The van der Waals surface area contributed by atoms with Crippen molar-refractivity contribution in [2.45, 2.75) is 12.8 Å². The van der Waals surface area contributed by atoms with Crippen molar-refractivity contribution in [2.75, 3.05) is 25.0 Å². The van der Waals surface area contributed by atoms with Crippen LogP contribution in [0.1, 0.15) is 12.8 Å². The number of halogens is 3. The predicted octanol–water partition coefficient (Wildman–Crippen LogP) is 1.46. The van der Waals surface area contributed by atoms with Gasteiger partial charge in [0.05, 0.1) is 0 Å². The Hall–Kier alpha value is -1.79. The summed E-state index contributed by atoms with van der Waals surface area (Å²) in [4.78, 5) is 16.3. The first-order valence-corrected chi connectivity index (χ1v) is 6.01. The summed E-state index contributed by atoms with van der Waals surface area (Å²) in [6.45, 7) is 0.764. The Labute approximate surface area is 108 Å². The molecule has 0 radical (unpaired) electrons. The highest BCUT2D eigenvalue weighted by molar-refractivity contribution is 5.78. The Morgan fingerprint density at radius 1 is 1.32 bits per heavy atom. The van der Waals surface area contributed by atoms with E-state index in [0.29, 0.717) is 32.0 Å². The molecule has 1 aromatic heterocycles. The van der Waals surface area contributed by atoms with Crippen molar-refractivity contribution in [3.05, 3.63) is 23.6 Å². The summed E-state index contributed by atoms with van der Waals surface area (Å²) < 4.78 is 39.4. The topological polar surface area (TPSA) is 45.2 Å². The number of aromatic nitrogens is 1. The summed E-state index contributed by atoms with van der Waals surface area (Å²) in [7, 11) is 1.56. The number of carbonyl (C=O) groups is 1. The molecule has 0 atom stereocenters. The number of nitrogens with zero attached hydrogens (tertiary/aromatic N) is 2. The highest BCUT2D eigenvalue weighted by Crippen LogP contribution is 2.25. The van der Waals surface area contributed by atoms with Crippen LogP contribution in [0.2, 0.25) is 0 Å². The average molecular weight is 273 g/mol. The Morgan fingerprint density at radius 3 is 2.53 bits per heavy atom. The van der Waals surface area contributed by atoms with E-state index in [1.165, 1.54) is 4.90 Å². The molecular weight excluding hydrogens is 259 g/mol. The molecule has 0 bridgehead atoms. The third kappa shape index (κ3) is 2.80. The van der Waals surface area contributed by atoms with E-state index in [2.05, 4.69) is 10.3 Å².